The SMILES string of the molecule is COCCCNC(=O)N1Cc2c(C)nn(-c3ccccc3)c2-n2cccc2C1c1cccc(C)c1. The highest BCUT2D eigenvalue weighted by atomic mass is 16.5. The lowest BCUT2D eigenvalue weighted by Crippen LogP contribution is -2.42. The summed E-state index contributed by atoms with van der Waals surface area (Å²) in [5.74, 6) is 0.973. The quantitative estimate of drug-likeness (QED) is 0.407. The molecular formula is C28H31N5O2. The number of benzene rings is 2. The first-order chi connectivity index (χ1) is 17.1. The van der Waals surface area contributed by atoms with E-state index in [0.29, 0.717) is 19.7 Å². The number of hydrogen-bond acceptors (Lipinski definition) is 3. The number of nitrogens with one attached hydrogen (secondary N) is 1. The number of hydrogen-bond donors (Lipinski definition) is 1. The minimum atomic E-state index is -0.247. The van der Waals surface area contributed by atoms with E-state index in [1.54, 1.807) is 7.11 Å². The molecule has 180 valence electrons. The van der Waals surface area contributed by atoms with Gasteiger partial charge in [-0.1, -0.05) is 48.0 Å². The van der Waals surface area contributed by atoms with Crippen molar-refractivity contribution in [3.63, 3.8) is 0 Å². The third kappa shape index (κ3) is 4.35. The Morgan fingerprint density at radius 3 is 2.69 bits per heavy atom. The smallest absolute Gasteiger partial charge is 0.318 e. The van der Waals surface area contributed by atoms with Gasteiger partial charge < -0.3 is 19.5 Å². The maximum Gasteiger partial charge on any atom is 0.318 e. The number of urea groups is 1. The van der Waals surface area contributed by atoms with Gasteiger partial charge in [0.25, 0.3) is 0 Å². The van der Waals surface area contributed by atoms with Crippen LogP contribution in [0.2, 0.25) is 0 Å². The highest BCUT2D eigenvalue weighted by molar-refractivity contribution is 5.76. The van der Waals surface area contributed by atoms with Crippen molar-refractivity contribution in [3.8, 4) is 11.5 Å². The van der Waals surface area contributed by atoms with Gasteiger partial charge in [-0.3, -0.25) is 0 Å². The van der Waals surface area contributed by atoms with E-state index >= 15 is 0 Å². The number of aryl methyl sites for hydroxylation is 2. The van der Waals surface area contributed by atoms with Crippen molar-refractivity contribution in [2.75, 3.05) is 20.3 Å². The average molecular weight is 470 g/mol. The van der Waals surface area contributed by atoms with Gasteiger partial charge in [0, 0.05) is 32.0 Å². The van der Waals surface area contributed by atoms with Gasteiger partial charge in [0.2, 0.25) is 0 Å². The van der Waals surface area contributed by atoms with Gasteiger partial charge in [-0.05, 0) is 50.1 Å². The number of para-hydroxylation sites is 1. The van der Waals surface area contributed by atoms with Crippen molar-refractivity contribution in [2.24, 2.45) is 0 Å². The number of ether oxygens (including phenoxy) is 1. The number of aromatic nitrogens is 3. The lowest BCUT2D eigenvalue weighted by molar-refractivity contribution is 0.174. The average Bonchev–Trinajstić information content (AvgIpc) is 3.42. The molecule has 1 N–H and O–H groups in total. The van der Waals surface area contributed by atoms with Crippen LogP contribution in [0.3, 0.4) is 0 Å². The second-order valence-electron chi connectivity index (χ2n) is 8.96. The van der Waals surface area contributed by atoms with E-state index < -0.39 is 0 Å². The van der Waals surface area contributed by atoms with Gasteiger partial charge >= 0.3 is 6.03 Å². The highest BCUT2D eigenvalue weighted by Gasteiger charge is 2.35. The first-order valence-electron chi connectivity index (χ1n) is 12.0. The molecule has 0 aliphatic carbocycles. The zero-order valence-electron chi connectivity index (χ0n) is 20.4. The Kier molecular flexibility index (Phi) is 6.42. The summed E-state index contributed by atoms with van der Waals surface area (Å²) in [7, 11) is 1.67. The van der Waals surface area contributed by atoms with Crippen LogP contribution in [0.1, 0.15) is 40.5 Å². The van der Waals surface area contributed by atoms with Crippen LogP contribution in [0.25, 0.3) is 11.5 Å². The molecule has 35 heavy (non-hydrogen) atoms. The molecule has 1 aliphatic rings. The monoisotopic (exact) mass is 469 g/mol. The largest absolute Gasteiger partial charge is 0.385 e. The highest BCUT2D eigenvalue weighted by Crippen LogP contribution is 2.38. The van der Waals surface area contributed by atoms with Crippen LogP contribution in [-0.2, 0) is 11.3 Å². The summed E-state index contributed by atoms with van der Waals surface area (Å²) in [5.41, 5.74) is 6.20. The predicted molar refractivity (Wildman–Crippen MR) is 136 cm³/mol. The van der Waals surface area contributed by atoms with Crippen molar-refractivity contribution in [1.29, 1.82) is 0 Å². The maximum absolute atomic E-state index is 13.6. The molecule has 2 amide bonds. The summed E-state index contributed by atoms with van der Waals surface area (Å²) in [6, 6.07) is 22.4. The molecule has 2 aromatic heterocycles. The second kappa shape index (κ2) is 9.80. The first-order valence-corrected chi connectivity index (χ1v) is 12.0. The van der Waals surface area contributed by atoms with E-state index in [1.165, 1.54) is 0 Å². The molecule has 0 saturated heterocycles. The van der Waals surface area contributed by atoms with Crippen molar-refractivity contribution < 1.29 is 9.53 Å². The number of carbonyl (C=O) groups is 1. The molecule has 0 bridgehead atoms. The number of rotatable bonds is 6. The van der Waals surface area contributed by atoms with Gasteiger partial charge in [0.15, 0.2) is 0 Å². The Morgan fingerprint density at radius 2 is 1.91 bits per heavy atom. The summed E-state index contributed by atoms with van der Waals surface area (Å²) in [5, 5.41) is 8.01. The molecule has 0 saturated carbocycles. The van der Waals surface area contributed by atoms with Crippen LogP contribution < -0.4 is 5.32 Å². The fourth-order valence-electron chi connectivity index (χ4n) is 4.85. The van der Waals surface area contributed by atoms with Crippen molar-refractivity contribution in [3.05, 3.63) is 101 Å². The molecule has 0 spiro atoms. The summed E-state index contributed by atoms with van der Waals surface area (Å²) >= 11 is 0. The Balaban J connectivity index is 1.66. The zero-order valence-corrected chi connectivity index (χ0v) is 20.4. The van der Waals surface area contributed by atoms with Crippen LogP contribution in [0, 0.1) is 13.8 Å². The Bertz CT molecular complexity index is 1320. The third-order valence-electron chi connectivity index (χ3n) is 6.51. The summed E-state index contributed by atoms with van der Waals surface area (Å²) in [4.78, 5) is 15.6. The van der Waals surface area contributed by atoms with Gasteiger partial charge in [0.1, 0.15) is 5.82 Å². The van der Waals surface area contributed by atoms with Crippen LogP contribution in [0.4, 0.5) is 4.79 Å². The Morgan fingerprint density at radius 1 is 1.09 bits per heavy atom. The number of amides is 2. The lowest BCUT2D eigenvalue weighted by atomic mass is 10.00. The predicted octanol–water partition coefficient (Wildman–Crippen LogP) is 4.93. The molecule has 1 aliphatic heterocycles. The first kappa shape index (κ1) is 22.9. The maximum atomic E-state index is 13.6. The van der Waals surface area contributed by atoms with Crippen molar-refractivity contribution in [1.82, 2.24) is 24.6 Å². The summed E-state index contributed by atoms with van der Waals surface area (Å²) < 4.78 is 9.33. The topological polar surface area (TPSA) is 64.3 Å². The number of fused-ring (bicyclic) bond motifs is 3. The van der Waals surface area contributed by atoms with Crippen LogP contribution >= 0.6 is 0 Å². The Labute approximate surface area is 205 Å². The van der Waals surface area contributed by atoms with Gasteiger partial charge in [-0.15, -0.1) is 0 Å². The zero-order chi connectivity index (χ0) is 24.4. The number of nitrogens with zero attached hydrogens (tertiary/aromatic N) is 4. The van der Waals surface area contributed by atoms with Gasteiger partial charge in [0.05, 0.1) is 29.7 Å². The molecule has 7 nitrogen and oxygen atoms in total. The second-order valence-corrected chi connectivity index (χ2v) is 8.96. The van der Waals surface area contributed by atoms with Crippen molar-refractivity contribution in [2.45, 2.75) is 32.9 Å². The molecule has 0 radical (unpaired) electrons. The van der Waals surface area contributed by atoms with Crippen LogP contribution in [-0.4, -0.2) is 45.5 Å². The molecule has 1 atom stereocenters. The van der Waals surface area contributed by atoms with Crippen LogP contribution in [0.5, 0.6) is 0 Å². The normalized spacial score (nSPS) is 14.8. The van der Waals surface area contributed by atoms with Gasteiger partial charge in [-0.25, -0.2) is 9.48 Å². The summed E-state index contributed by atoms with van der Waals surface area (Å²) in [6.45, 7) is 5.71. The van der Waals surface area contributed by atoms with E-state index in [4.69, 9.17) is 9.84 Å². The van der Waals surface area contributed by atoms with Crippen LogP contribution in [0.15, 0.2) is 72.9 Å². The standard InChI is InChI=1S/C28H31N5O2/c1-20-10-7-11-22(18-20)26-25-14-8-16-31(25)27-24(19-32(26)28(34)29-15-9-17-35-3)21(2)30-33(27)23-12-5-4-6-13-23/h4-8,10-14,16,18,26H,9,15,17,19H2,1-3H3,(H,29,34). The van der Waals surface area contributed by atoms with E-state index in [2.05, 4.69) is 65.5 Å². The molecule has 4 aromatic rings. The molecule has 7 heteroatoms. The number of methoxy groups -OCH3 is 1. The lowest BCUT2D eigenvalue weighted by Gasteiger charge is -2.31. The number of carbonyl (C=O) groups excluding carboxylic acids is 1. The molecule has 5 rings (SSSR count). The van der Waals surface area contributed by atoms with Crippen molar-refractivity contribution >= 4 is 6.03 Å². The van der Waals surface area contributed by atoms with E-state index in [9.17, 15) is 4.79 Å². The minimum Gasteiger partial charge on any atom is -0.385 e. The van der Waals surface area contributed by atoms with Gasteiger partial charge in [-0.2, -0.15) is 5.10 Å². The molecular weight excluding hydrogens is 438 g/mol. The third-order valence-corrected chi connectivity index (χ3v) is 6.51. The molecule has 0 fully saturated rings. The molecule has 1 unspecified atom stereocenters. The minimum absolute atomic E-state index is 0.0972. The molecule has 2 aromatic carbocycles. The van der Waals surface area contributed by atoms with E-state index in [0.717, 1.165) is 46.0 Å². The van der Waals surface area contributed by atoms with E-state index in [-0.39, 0.29) is 12.1 Å². The fourth-order valence-corrected chi connectivity index (χ4v) is 4.85. The van der Waals surface area contributed by atoms with E-state index in [1.807, 2.05) is 40.8 Å². The summed E-state index contributed by atoms with van der Waals surface area (Å²) in [6.07, 6.45) is 2.83. The Hall–Kier alpha value is -3.84. The fraction of sp³-hybridized carbons (Fsp3) is 0.286. The molecule has 3 heterocycles.